The third-order valence-corrected chi connectivity index (χ3v) is 3.83. The molecule has 1 aliphatic rings. The molecule has 2 aromatic rings. The largest absolute Gasteiger partial charge is 0.310 e. The van der Waals surface area contributed by atoms with Crippen molar-refractivity contribution in [2.24, 2.45) is 0 Å². The summed E-state index contributed by atoms with van der Waals surface area (Å²) < 4.78 is 0. The number of nitrogens with zero attached hydrogens (tertiary/aromatic N) is 1. The van der Waals surface area contributed by atoms with Crippen LogP contribution in [0.3, 0.4) is 0 Å². The Balaban J connectivity index is 2.07. The number of aromatic nitrogens is 2. The molecule has 1 aromatic carbocycles. The van der Waals surface area contributed by atoms with Crippen LogP contribution in [-0.2, 0) is 6.42 Å². The van der Waals surface area contributed by atoms with E-state index in [1.54, 1.807) is 6.07 Å². The van der Waals surface area contributed by atoms with Gasteiger partial charge in [-0.1, -0.05) is 38.1 Å². The Morgan fingerprint density at radius 2 is 2.11 bits per heavy atom. The lowest BCUT2D eigenvalue weighted by Crippen LogP contribution is -2.16. The molecule has 0 fully saturated rings. The van der Waals surface area contributed by atoms with E-state index < -0.39 is 0 Å². The molecule has 0 saturated heterocycles. The maximum Gasteiger partial charge on any atom is 0.251 e. The van der Waals surface area contributed by atoms with Crippen molar-refractivity contribution >= 4 is 0 Å². The number of fused-ring (bicyclic) bond motifs is 1. The first-order chi connectivity index (χ1) is 9.15. The molecule has 98 valence electrons. The Hall–Kier alpha value is -1.90. The van der Waals surface area contributed by atoms with Gasteiger partial charge in [-0.25, -0.2) is 4.98 Å². The van der Waals surface area contributed by atoms with E-state index in [0.29, 0.717) is 0 Å². The fourth-order valence-corrected chi connectivity index (χ4v) is 2.80. The van der Waals surface area contributed by atoms with E-state index in [1.807, 2.05) is 0 Å². The van der Waals surface area contributed by atoms with Gasteiger partial charge in [-0.15, -0.1) is 0 Å². The Morgan fingerprint density at radius 1 is 1.32 bits per heavy atom. The Bertz CT molecular complexity index is 658. The number of benzene rings is 1. The molecule has 1 atom stereocenters. The van der Waals surface area contributed by atoms with Gasteiger partial charge in [0.15, 0.2) is 0 Å². The minimum atomic E-state index is -0.0434. The first kappa shape index (κ1) is 12.2. The standard InChI is InChI=1S/C16H18N2O/c1-10(2)14-9-15(19)18-16(17-14)13-8-7-11-5-3-4-6-12(11)13/h3-6,9-10,13H,7-8H2,1-2H3,(H,17,18,19). The molecule has 0 spiro atoms. The summed E-state index contributed by atoms with van der Waals surface area (Å²) in [4.78, 5) is 19.4. The predicted octanol–water partition coefficient (Wildman–Crippen LogP) is 2.97. The Morgan fingerprint density at radius 3 is 2.89 bits per heavy atom. The summed E-state index contributed by atoms with van der Waals surface area (Å²) in [6, 6.07) is 10.0. The molecule has 3 nitrogen and oxygen atoms in total. The molecule has 19 heavy (non-hydrogen) atoms. The van der Waals surface area contributed by atoms with Crippen LogP contribution < -0.4 is 5.56 Å². The highest BCUT2D eigenvalue weighted by Crippen LogP contribution is 2.36. The lowest BCUT2D eigenvalue weighted by molar-refractivity contribution is 0.697. The number of nitrogens with one attached hydrogen (secondary N) is 1. The van der Waals surface area contributed by atoms with Crippen LogP contribution in [0.5, 0.6) is 0 Å². The van der Waals surface area contributed by atoms with Gasteiger partial charge in [0, 0.05) is 12.0 Å². The number of rotatable bonds is 2. The van der Waals surface area contributed by atoms with Crippen LogP contribution in [-0.4, -0.2) is 9.97 Å². The molecular weight excluding hydrogens is 236 g/mol. The minimum absolute atomic E-state index is 0.0434. The molecule has 1 heterocycles. The zero-order chi connectivity index (χ0) is 13.4. The second kappa shape index (κ2) is 4.65. The van der Waals surface area contributed by atoms with Gasteiger partial charge in [0.2, 0.25) is 0 Å². The molecular formula is C16H18N2O. The second-order valence-corrected chi connectivity index (χ2v) is 5.50. The molecule has 3 rings (SSSR count). The SMILES string of the molecule is CC(C)c1cc(=O)[nH]c(C2CCc3ccccc32)n1. The zero-order valence-corrected chi connectivity index (χ0v) is 11.3. The summed E-state index contributed by atoms with van der Waals surface area (Å²) in [6.45, 7) is 4.13. The van der Waals surface area contributed by atoms with Crippen LogP contribution in [0.15, 0.2) is 35.1 Å². The van der Waals surface area contributed by atoms with Crippen molar-refractivity contribution in [3.05, 3.63) is 63.3 Å². The average molecular weight is 254 g/mol. The fourth-order valence-electron chi connectivity index (χ4n) is 2.80. The zero-order valence-electron chi connectivity index (χ0n) is 11.3. The van der Waals surface area contributed by atoms with Gasteiger partial charge in [0.1, 0.15) is 5.82 Å². The number of H-pyrrole nitrogens is 1. The minimum Gasteiger partial charge on any atom is -0.310 e. The maximum atomic E-state index is 11.8. The van der Waals surface area contributed by atoms with Gasteiger partial charge in [-0.3, -0.25) is 4.79 Å². The van der Waals surface area contributed by atoms with Crippen LogP contribution in [0.25, 0.3) is 0 Å². The lowest BCUT2D eigenvalue weighted by atomic mass is 10.00. The van der Waals surface area contributed by atoms with Crippen molar-refractivity contribution in [3.8, 4) is 0 Å². The van der Waals surface area contributed by atoms with Crippen molar-refractivity contribution in [2.45, 2.75) is 38.5 Å². The lowest BCUT2D eigenvalue weighted by Gasteiger charge is -2.13. The van der Waals surface area contributed by atoms with Crippen LogP contribution >= 0.6 is 0 Å². The molecule has 0 radical (unpaired) electrons. The summed E-state index contributed by atoms with van der Waals surface area (Å²) in [5, 5.41) is 0. The van der Waals surface area contributed by atoms with Gasteiger partial charge in [0.25, 0.3) is 5.56 Å². The van der Waals surface area contributed by atoms with Crippen molar-refractivity contribution < 1.29 is 0 Å². The Kier molecular flexibility index (Phi) is 2.97. The topological polar surface area (TPSA) is 45.8 Å². The van der Waals surface area contributed by atoms with E-state index >= 15 is 0 Å². The van der Waals surface area contributed by atoms with Crippen LogP contribution in [0.1, 0.15) is 54.7 Å². The van der Waals surface area contributed by atoms with Crippen LogP contribution in [0.4, 0.5) is 0 Å². The quantitative estimate of drug-likeness (QED) is 0.895. The molecule has 0 saturated carbocycles. The monoisotopic (exact) mass is 254 g/mol. The first-order valence-electron chi connectivity index (χ1n) is 6.84. The van der Waals surface area contributed by atoms with Crippen LogP contribution in [0.2, 0.25) is 0 Å². The summed E-state index contributed by atoms with van der Waals surface area (Å²) in [6.07, 6.45) is 2.10. The summed E-state index contributed by atoms with van der Waals surface area (Å²) >= 11 is 0. The average Bonchev–Trinajstić information content (AvgIpc) is 2.81. The van der Waals surface area contributed by atoms with Gasteiger partial charge in [0.05, 0.1) is 5.69 Å². The molecule has 0 bridgehead atoms. The van der Waals surface area contributed by atoms with Gasteiger partial charge < -0.3 is 4.98 Å². The highest BCUT2D eigenvalue weighted by Gasteiger charge is 2.25. The molecule has 0 amide bonds. The molecule has 1 N–H and O–H groups in total. The molecule has 1 unspecified atom stereocenters. The molecule has 1 aromatic heterocycles. The summed E-state index contributed by atoms with van der Waals surface area (Å²) in [7, 11) is 0. The van der Waals surface area contributed by atoms with Gasteiger partial charge >= 0.3 is 0 Å². The van der Waals surface area contributed by atoms with E-state index in [2.05, 4.69) is 48.1 Å². The van der Waals surface area contributed by atoms with Crippen molar-refractivity contribution in [3.63, 3.8) is 0 Å². The van der Waals surface area contributed by atoms with E-state index in [4.69, 9.17) is 0 Å². The normalized spacial score (nSPS) is 17.7. The summed E-state index contributed by atoms with van der Waals surface area (Å²) in [5.41, 5.74) is 3.53. The highest BCUT2D eigenvalue weighted by atomic mass is 16.1. The smallest absolute Gasteiger partial charge is 0.251 e. The first-order valence-corrected chi connectivity index (χ1v) is 6.84. The second-order valence-electron chi connectivity index (χ2n) is 5.50. The van der Waals surface area contributed by atoms with Crippen LogP contribution in [0, 0.1) is 0 Å². The van der Waals surface area contributed by atoms with E-state index in [-0.39, 0.29) is 17.4 Å². The third-order valence-electron chi connectivity index (χ3n) is 3.83. The Labute approximate surface area is 112 Å². The molecule has 3 heteroatoms. The number of hydrogen-bond donors (Lipinski definition) is 1. The number of hydrogen-bond acceptors (Lipinski definition) is 2. The van der Waals surface area contributed by atoms with E-state index in [0.717, 1.165) is 24.4 Å². The molecule has 0 aliphatic heterocycles. The molecule has 1 aliphatic carbocycles. The van der Waals surface area contributed by atoms with Crippen molar-refractivity contribution in [1.29, 1.82) is 0 Å². The maximum absolute atomic E-state index is 11.8. The fraction of sp³-hybridized carbons (Fsp3) is 0.375. The van der Waals surface area contributed by atoms with Gasteiger partial charge in [-0.05, 0) is 29.9 Å². The van der Waals surface area contributed by atoms with Gasteiger partial charge in [-0.2, -0.15) is 0 Å². The number of aromatic amines is 1. The highest BCUT2D eigenvalue weighted by molar-refractivity contribution is 5.38. The third kappa shape index (κ3) is 2.21. The van der Waals surface area contributed by atoms with Crippen molar-refractivity contribution in [1.82, 2.24) is 9.97 Å². The summed E-state index contributed by atoms with van der Waals surface area (Å²) in [5.74, 6) is 1.33. The van der Waals surface area contributed by atoms with Crippen molar-refractivity contribution in [2.75, 3.05) is 0 Å². The van der Waals surface area contributed by atoms with E-state index in [1.165, 1.54) is 11.1 Å². The van der Waals surface area contributed by atoms with E-state index in [9.17, 15) is 4.79 Å². The number of aryl methyl sites for hydroxylation is 1. The predicted molar refractivity (Wildman–Crippen MR) is 75.6 cm³/mol.